The van der Waals surface area contributed by atoms with Gasteiger partial charge in [-0.1, -0.05) is 27.2 Å². The summed E-state index contributed by atoms with van der Waals surface area (Å²) in [6.45, 7) is 7.96. The van der Waals surface area contributed by atoms with Crippen molar-refractivity contribution in [2.45, 2.75) is 78.2 Å². The van der Waals surface area contributed by atoms with E-state index in [4.69, 9.17) is 18.9 Å². The molecular formula is C24H36O5. The Kier molecular flexibility index (Phi) is 10.5. The molecule has 0 amide bonds. The van der Waals surface area contributed by atoms with Crippen LogP contribution in [0.4, 0.5) is 0 Å². The first kappa shape index (κ1) is 23.1. The Morgan fingerprint density at radius 2 is 1.45 bits per heavy atom. The molecule has 0 heterocycles. The lowest BCUT2D eigenvalue weighted by atomic mass is 9.98. The fourth-order valence-corrected chi connectivity index (χ4v) is 3.23. The van der Waals surface area contributed by atoms with Gasteiger partial charge in [0, 0.05) is 6.08 Å². The van der Waals surface area contributed by atoms with Crippen molar-refractivity contribution in [1.82, 2.24) is 0 Å². The zero-order valence-corrected chi connectivity index (χ0v) is 18.2. The van der Waals surface area contributed by atoms with Gasteiger partial charge in [0.05, 0.1) is 19.8 Å². The molecule has 0 aromatic heterocycles. The van der Waals surface area contributed by atoms with E-state index in [-0.39, 0.29) is 12.1 Å². The molecule has 5 heteroatoms. The minimum atomic E-state index is -0.296. The predicted octanol–water partition coefficient (Wildman–Crippen LogP) is 5.94. The van der Waals surface area contributed by atoms with Crippen LogP contribution in [-0.2, 0) is 9.53 Å². The molecule has 5 nitrogen and oxygen atoms in total. The summed E-state index contributed by atoms with van der Waals surface area (Å²) in [7, 11) is 0. The first-order valence-electron chi connectivity index (χ1n) is 11.1. The lowest BCUT2D eigenvalue weighted by molar-refractivity contribution is -0.144. The summed E-state index contributed by atoms with van der Waals surface area (Å²) in [4.78, 5) is 12.2. The van der Waals surface area contributed by atoms with Crippen molar-refractivity contribution < 1.29 is 23.7 Å². The summed E-state index contributed by atoms with van der Waals surface area (Å²) >= 11 is 0. The normalized spacial score (nSPS) is 14.7. The molecule has 0 saturated heterocycles. The number of carbonyl (C=O) groups is 1. The predicted molar refractivity (Wildman–Crippen MR) is 116 cm³/mol. The maximum Gasteiger partial charge on any atom is 0.331 e. The highest BCUT2D eigenvalue weighted by Gasteiger charge is 2.17. The van der Waals surface area contributed by atoms with Gasteiger partial charge in [-0.3, -0.25) is 0 Å². The zero-order chi connectivity index (χ0) is 20.9. The van der Waals surface area contributed by atoms with Crippen molar-refractivity contribution in [1.29, 1.82) is 0 Å². The van der Waals surface area contributed by atoms with Gasteiger partial charge in [-0.05, 0) is 68.7 Å². The van der Waals surface area contributed by atoms with Crippen LogP contribution in [0.3, 0.4) is 0 Å². The van der Waals surface area contributed by atoms with Crippen LogP contribution < -0.4 is 14.2 Å². The lowest BCUT2D eigenvalue weighted by Gasteiger charge is -2.21. The maximum atomic E-state index is 12.2. The Hall–Kier alpha value is -2.17. The summed E-state index contributed by atoms with van der Waals surface area (Å²) in [6.07, 6.45) is 11.4. The minimum absolute atomic E-state index is 0.0533. The van der Waals surface area contributed by atoms with E-state index in [1.165, 1.54) is 12.5 Å². The number of hydrogen-bond acceptors (Lipinski definition) is 5. The molecule has 1 saturated carbocycles. The molecule has 0 N–H and O–H groups in total. The molecule has 0 unspecified atom stereocenters. The van der Waals surface area contributed by atoms with Gasteiger partial charge in [0.2, 0.25) is 5.75 Å². The Labute approximate surface area is 175 Å². The topological polar surface area (TPSA) is 54.0 Å². The second kappa shape index (κ2) is 13.1. The van der Waals surface area contributed by atoms with Crippen LogP contribution in [0.25, 0.3) is 6.08 Å². The van der Waals surface area contributed by atoms with E-state index in [1.54, 1.807) is 6.08 Å². The zero-order valence-electron chi connectivity index (χ0n) is 18.2. The smallest absolute Gasteiger partial charge is 0.331 e. The second-order valence-electron chi connectivity index (χ2n) is 7.42. The van der Waals surface area contributed by atoms with Gasteiger partial charge in [0.25, 0.3) is 0 Å². The van der Waals surface area contributed by atoms with Crippen LogP contribution in [0.5, 0.6) is 17.2 Å². The summed E-state index contributed by atoms with van der Waals surface area (Å²) in [6, 6.07) is 3.79. The van der Waals surface area contributed by atoms with E-state index in [1.807, 2.05) is 12.1 Å². The van der Waals surface area contributed by atoms with Crippen molar-refractivity contribution in [3.8, 4) is 17.2 Å². The number of esters is 1. The minimum Gasteiger partial charge on any atom is -0.490 e. The Morgan fingerprint density at radius 1 is 0.897 bits per heavy atom. The summed E-state index contributed by atoms with van der Waals surface area (Å²) < 4.78 is 23.3. The second-order valence-corrected chi connectivity index (χ2v) is 7.42. The van der Waals surface area contributed by atoms with Gasteiger partial charge in [0.15, 0.2) is 11.5 Å². The molecule has 0 bridgehead atoms. The molecule has 1 aliphatic carbocycles. The summed E-state index contributed by atoms with van der Waals surface area (Å²) in [5.74, 6) is 1.63. The average molecular weight is 405 g/mol. The number of ether oxygens (including phenoxy) is 4. The molecule has 0 atom stereocenters. The molecule has 1 aromatic carbocycles. The molecule has 1 aromatic rings. The third kappa shape index (κ3) is 8.00. The Balaban J connectivity index is 2.18. The molecule has 29 heavy (non-hydrogen) atoms. The van der Waals surface area contributed by atoms with E-state index in [2.05, 4.69) is 20.8 Å². The Bertz CT molecular complexity index is 618. The van der Waals surface area contributed by atoms with E-state index >= 15 is 0 Å². The van der Waals surface area contributed by atoms with E-state index < -0.39 is 0 Å². The van der Waals surface area contributed by atoms with Crippen LogP contribution >= 0.6 is 0 Å². The largest absolute Gasteiger partial charge is 0.490 e. The lowest BCUT2D eigenvalue weighted by Crippen LogP contribution is -2.19. The first-order chi connectivity index (χ1) is 14.2. The van der Waals surface area contributed by atoms with Crippen LogP contribution in [0.1, 0.15) is 77.7 Å². The fraction of sp³-hybridized carbons (Fsp3) is 0.625. The van der Waals surface area contributed by atoms with Crippen molar-refractivity contribution in [2.24, 2.45) is 0 Å². The summed E-state index contributed by atoms with van der Waals surface area (Å²) in [5, 5.41) is 0. The average Bonchev–Trinajstić information content (AvgIpc) is 2.74. The number of hydrogen-bond donors (Lipinski definition) is 0. The number of carbonyl (C=O) groups excluding carboxylic acids is 1. The van der Waals surface area contributed by atoms with Crippen molar-refractivity contribution >= 4 is 12.0 Å². The molecule has 0 aliphatic heterocycles. The van der Waals surface area contributed by atoms with E-state index in [0.717, 1.165) is 50.5 Å². The van der Waals surface area contributed by atoms with Gasteiger partial charge in [-0.15, -0.1) is 0 Å². The standard InChI is InChI=1S/C24H36O5/c1-4-14-26-21-17-19(12-13-23(25)29-20-10-8-7-9-11-20)18-22(27-15-5-2)24(21)28-16-6-3/h12-13,17-18,20H,4-11,14-16H2,1-3H3. The van der Waals surface area contributed by atoms with Crippen molar-refractivity contribution in [2.75, 3.05) is 19.8 Å². The molecule has 1 aliphatic rings. The molecule has 0 spiro atoms. The molecular weight excluding hydrogens is 368 g/mol. The highest BCUT2D eigenvalue weighted by Crippen LogP contribution is 2.39. The van der Waals surface area contributed by atoms with Gasteiger partial charge < -0.3 is 18.9 Å². The molecule has 162 valence electrons. The van der Waals surface area contributed by atoms with E-state index in [0.29, 0.717) is 37.1 Å². The van der Waals surface area contributed by atoms with Gasteiger partial charge in [-0.2, -0.15) is 0 Å². The Morgan fingerprint density at radius 3 is 2.00 bits per heavy atom. The van der Waals surface area contributed by atoms with Crippen LogP contribution in [0, 0.1) is 0 Å². The van der Waals surface area contributed by atoms with Crippen molar-refractivity contribution in [3.63, 3.8) is 0 Å². The monoisotopic (exact) mass is 404 g/mol. The van der Waals surface area contributed by atoms with Crippen LogP contribution in [-0.4, -0.2) is 31.9 Å². The quantitative estimate of drug-likeness (QED) is 0.319. The van der Waals surface area contributed by atoms with Crippen LogP contribution in [0.2, 0.25) is 0 Å². The molecule has 0 radical (unpaired) electrons. The summed E-state index contributed by atoms with van der Waals surface area (Å²) in [5.41, 5.74) is 0.826. The van der Waals surface area contributed by atoms with E-state index in [9.17, 15) is 4.79 Å². The van der Waals surface area contributed by atoms with Gasteiger partial charge >= 0.3 is 5.97 Å². The molecule has 1 fully saturated rings. The fourth-order valence-electron chi connectivity index (χ4n) is 3.23. The van der Waals surface area contributed by atoms with Gasteiger partial charge in [0.1, 0.15) is 6.10 Å². The van der Waals surface area contributed by atoms with Gasteiger partial charge in [-0.25, -0.2) is 4.79 Å². The first-order valence-corrected chi connectivity index (χ1v) is 11.1. The number of benzene rings is 1. The highest BCUT2D eigenvalue weighted by molar-refractivity contribution is 5.87. The molecule has 2 rings (SSSR count). The third-order valence-corrected chi connectivity index (χ3v) is 4.66. The maximum absolute atomic E-state index is 12.2. The van der Waals surface area contributed by atoms with Crippen molar-refractivity contribution in [3.05, 3.63) is 23.8 Å². The number of rotatable bonds is 12. The van der Waals surface area contributed by atoms with Crippen LogP contribution in [0.15, 0.2) is 18.2 Å². The SMILES string of the molecule is CCCOc1cc(C=CC(=O)OC2CCCCC2)cc(OCCC)c1OCCC. The third-order valence-electron chi connectivity index (χ3n) is 4.66. The highest BCUT2D eigenvalue weighted by atomic mass is 16.5.